The molecule has 0 aliphatic rings. The van der Waals surface area contributed by atoms with Gasteiger partial charge in [-0.05, 0) is 48.3 Å². The number of nitrogens with zero attached hydrogens (tertiary/aromatic N) is 2. The summed E-state index contributed by atoms with van der Waals surface area (Å²) in [4.78, 5) is 4.62. The van der Waals surface area contributed by atoms with E-state index in [1.165, 1.54) is 28.9 Å². The number of sulfone groups is 1. The molecule has 25 heavy (non-hydrogen) atoms. The Morgan fingerprint density at radius 1 is 1.04 bits per heavy atom. The molecule has 0 atom stereocenters. The van der Waals surface area contributed by atoms with E-state index < -0.39 is 9.84 Å². The van der Waals surface area contributed by atoms with Crippen LogP contribution in [0.2, 0.25) is 0 Å². The van der Waals surface area contributed by atoms with Crippen molar-refractivity contribution in [1.82, 2.24) is 9.66 Å². The minimum Gasteiger partial charge on any atom is -0.337 e. The highest BCUT2D eigenvalue weighted by Crippen LogP contribution is 2.34. The largest absolute Gasteiger partial charge is 0.337 e. The predicted octanol–water partition coefficient (Wildman–Crippen LogP) is 2.44. The van der Waals surface area contributed by atoms with Crippen molar-refractivity contribution in [2.24, 2.45) is 5.14 Å². The van der Waals surface area contributed by atoms with E-state index in [4.69, 9.17) is 11.0 Å². The van der Waals surface area contributed by atoms with Crippen molar-refractivity contribution in [3.63, 3.8) is 0 Å². The molecule has 2 aromatic carbocycles. The number of nitrogen functional groups attached to an aromatic ring is 1. The van der Waals surface area contributed by atoms with Crippen LogP contribution >= 0.6 is 11.9 Å². The Balaban J connectivity index is 2.18. The molecule has 0 saturated heterocycles. The maximum absolute atomic E-state index is 13.2. The fourth-order valence-corrected chi connectivity index (χ4v) is 3.42. The third-order valence-corrected chi connectivity index (χ3v) is 5.28. The first-order chi connectivity index (χ1) is 11.8. The van der Waals surface area contributed by atoms with Crippen LogP contribution in [0.1, 0.15) is 0 Å². The maximum Gasteiger partial charge on any atom is 0.202 e. The van der Waals surface area contributed by atoms with E-state index in [0.29, 0.717) is 27.7 Å². The van der Waals surface area contributed by atoms with Crippen molar-refractivity contribution in [2.45, 2.75) is 10.1 Å². The summed E-state index contributed by atoms with van der Waals surface area (Å²) in [5.41, 5.74) is 2.42. The lowest BCUT2D eigenvalue weighted by atomic mass is 10.1. The van der Waals surface area contributed by atoms with Gasteiger partial charge in [-0.25, -0.2) is 22.5 Å². The molecule has 0 fully saturated rings. The molecular weight excluding hydrogens is 363 g/mol. The molecule has 1 heterocycles. The number of halogens is 1. The van der Waals surface area contributed by atoms with E-state index in [1.54, 1.807) is 24.3 Å². The lowest BCUT2D eigenvalue weighted by Crippen LogP contribution is -2.12. The normalized spacial score (nSPS) is 11.6. The van der Waals surface area contributed by atoms with Gasteiger partial charge in [0.1, 0.15) is 5.82 Å². The molecule has 3 rings (SSSR count). The van der Waals surface area contributed by atoms with Crippen LogP contribution in [-0.4, -0.2) is 24.3 Å². The second-order valence-electron chi connectivity index (χ2n) is 5.38. The summed E-state index contributed by atoms with van der Waals surface area (Å²) in [6, 6.07) is 12.1. The summed E-state index contributed by atoms with van der Waals surface area (Å²) in [6.45, 7) is 0. The number of nitrogens with two attached hydrogens (primary N) is 2. The summed E-state index contributed by atoms with van der Waals surface area (Å²) in [5, 5.41) is 5.98. The number of imidazole rings is 1. The molecule has 9 heteroatoms. The van der Waals surface area contributed by atoms with Gasteiger partial charge in [0.2, 0.25) is 5.16 Å². The average Bonchev–Trinajstić information content (AvgIpc) is 2.91. The Bertz CT molecular complexity index is 1010. The first-order valence-corrected chi connectivity index (χ1v) is 9.89. The summed E-state index contributed by atoms with van der Waals surface area (Å²) in [7, 11) is -3.30. The fraction of sp³-hybridized carbons (Fsp3) is 0.0625. The molecular formula is C16H15FN4O2S2. The van der Waals surface area contributed by atoms with E-state index in [-0.39, 0.29) is 10.7 Å². The van der Waals surface area contributed by atoms with Crippen LogP contribution < -0.4 is 11.0 Å². The number of hydrogen-bond acceptors (Lipinski definition) is 6. The van der Waals surface area contributed by atoms with Crippen LogP contribution in [0.15, 0.2) is 58.6 Å². The Hall–Kier alpha value is -2.36. The monoisotopic (exact) mass is 378 g/mol. The molecule has 1 aromatic heterocycles. The van der Waals surface area contributed by atoms with E-state index in [1.807, 2.05) is 0 Å². The molecule has 4 N–H and O–H groups in total. The predicted molar refractivity (Wildman–Crippen MR) is 96.4 cm³/mol. The topological polar surface area (TPSA) is 104 Å². The summed E-state index contributed by atoms with van der Waals surface area (Å²) < 4.78 is 37.8. The third kappa shape index (κ3) is 3.39. The molecule has 0 saturated carbocycles. The van der Waals surface area contributed by atoms with Crippen molar-refractivity contribution < 1.29 is 12.8 Å². The minimum atomic E-state index is -3.30. The zero-order valence-corrected chi connectivity index (χ0v) is 14.8. The molecule has 0 bridgehead atoms. The van der Waals surface area contributed by atoms with Crippen LogP contribution in [0.5, 0.6) is 0 Å². The second-order valence-corrected chi connectivity index (χ2v) is 8.00. The SMILES string of the molecule is CS(=O)(=O)c1ccc(-c2c(-c3ccc(F)cc3)nc(SN)n2N)cc1. The van der Waals surface area contributed by atoms with Gasteiger partial charge in [-0.3, -0.25) is 5.14 Å². The molecule has 3 aromatic rings. The van der Waals surface area contributed by atoms with Crippen LogP contribution in [0.3, 0.4) is 0 Å². The van der Waals surface area contributed by atoms with Crippen molar-refractivity contribution in [1.29, 1.82) is 0 Å². The second kappa shape index (κ2) is 6.51. The van der Waals surface area contributed by atoms with E-state index in [9.17, 15) is 12.8 Å². The number of benzene rings is 2. The molecule has 0 unspecified atom stereocenters. The van der Waals surface area contributed by atoms with Crippen molar-refractivity contribution in [3.05, 3.63) is 54.3 Å². The Labute approximate surface area is 148 Å². The van der Waals surface area contributed by atoms with E-state index >= 15 is 0 Å². The smallest absolute Gasteiger partial charge is 0.202 e. The Morgan fingerprint density at radius 2 is 1.60 bits per heavy atom. The molecule has 0 amide bonds. The highest BCUT2D eigenvalue weighted by molar-refractivity contribution is 7.96. The highest BCUT2D eigenvalue weighted by atomic mass is 32.2. The zero-order chi connectivity index (χ0) is 18.2. The highest BCUT2D eigenvalue weighted by Gasteiger charge is 2.19. The molecule has 0 spiro atoms. The molecule has 130 valence electrons. The Morgan fingerprint density at radius 3 is 2.12 bits per heavy atom. The zero-order valence-electron chi connectivity index (χ0n) is 13.2. The standard InChI is InChI=1S/C16H15FN4O2S2/c1-25(22,23)13-8-4-11(5-9-13)15-14(20-16(24-19)21(15)18)10-2-6-12(17)7-3-10/h2-9H,18-19H2,1H3. The lowest BCUT2D eigenvalue weighted by molar-refractivity contribution is 0.602. The quantitative estimate of drug-likeness (QED) is 0.534. The molecule has 6 nitrogen and oxygen atoms in total. The van der Waals surface area contributed by atoms with Gasteiger partial charge in [-0.2, -0.15) is 0 Å². The van der Waals surface area contributed by atoms with Crippen LogP contribution in [0, 0.1) is 5.82 Å². The third-order valence-electron chi connectivity index (χ3n) is 3.66. The average molecular weight is 378 g/mol. The van der Waals surface area contributed by atoms with Gasteiger partial charge < -0.3 is 5.84 Å². The van der Waals surface area contributed by atoms with Gasteiger partial charge in [0.05, 0.1) is 16.3 Å². The first kappa shape index (κ1) is 17.5. The maximum atomic E-state index is 13.2. The Kier molecular flexibility index (Phi) is 4.55. The molecule has 0 radical (unpaired) electrons. The summed E-state index contributed by atoms with van der Waals surface area (Å²) in [5.74, 6) is 5.74. The van der Waals surface area contributed by atoms with Gasteiger partial charge in [-0.15, -0.1) is 0 Å². The molecule has 0 aliphatic heterocycles. The van der Waals surface area contributed by atoms with Crippen LogP contribution in [-0.2, 0) is 9.84 Å². The minimum absolute atomic E-state index is 0.205. The van der Waals surface area contributed by atoms with Gasteiger partial charge >= 0.3 is 0 Å². The van der Waals surface area contributed by atoms with Crippen molar-refractivity contribution >= 4 is 21.8 Å². The summed E-state index contributed by atoms with van der Waals surface area (Å²) >= 11 is 0.887. The van der Waals surface area contributed by atoms with Crippen molar-refractivity contribution in [3.8, 4) is 22.5 Å². The van der Waals surface area contributed by atoms with E-state index in [0.717, 1.165) is 18.2 Å². The van der Waals surface area contributed by atoms with Gasteiger partial charge in [-0.1, -0.05) is 12.1 Å². The first-order valence-electron chi connectivity index (χ1n) is 7.12. The summed E-state index contributed by atoms with van der Waals surface area (Å²) in [6.07, 6.45) is 1.14. The van der Waals surface area contributed by atoms with E-state index in [2.05, 4.69) is 4.98 Å². The number of hydrogen-bond donors (Lipinski definition) is 2. The van der Waals surface area contributed by atoms with Crippen LogP contribution in [0.25, 0.3) is 22.5 Å². The van der Waals surface area contributed by atoms with Gasteiger partial charge in [0.25, 0.3) is 0 Å². The lowest BCUT2D eigenvalue weighted by Gasteiger charge is -2.08. The van der Waals surface area contributed by atoms with Crippen molar-refractivity contribution in [2.75, 3.05) is 12.1 Å². The fourth-order valence-electron chi connectivity index (χ4n) is 2.44. The van der Waals surface area contributed by atoms with Gasteiger partial charge in [0.15, 0.2) is 9.84 Å². The number of aromatic nitrogens is 2. The number of rotatable bonds is 4. The van der Waals surface area contributed by atoms with Gasteiger partial charge in [0, 0.05) is 17.4 Å². The van der Waals surface area contributed by atoms with Crippen LogP contribution in [0.4, 0.5) is 4.39 Å². The molecule has 0 aliphatic carbocycles.